The van der Waals surface area contributed by atoms with Crippen LogP contribution in [0.2, 0.25) is 0 Å². The van der Waals surface area contributed by atoms with E-state index in [0.717, 1.165) is 24.9 Å². The molecule has 0 unspecified atom stereocenters. The number of urea groups is 1. The van der Waals surface area contributed by atoms with Gasteiger partial charge in [-0.1, -0.05) is 0 Å². The lowest BCUT2D eigenvalue weighted by molar-refractivity contribution is 0.0996. The normalized spacial score (nSPS) is 16.0. The number of nitrogens with one attached hydrogen (secondary N) is 2. The molecule has 10 heteroatoms. The summed E-state index contributed by atoms with van der Waals surface area (Å²) in [4.78, 5) is 40.0. The number of primary amides is 1. The van der Waals surface area contributed by atoms with Crippen LogP contribution in [0.4, 0.5) is 22.1 Å². The second-order valence-corrected chi connectivity index (χ2v) is 8.79. The topological polar surface area (TPSA) is 121 Å². The van der Waals surface area contributed by atoms with Crippen LogP contribution in [0.15, 0.2) is 30.5 Å². The molecule has 1 atom stereocenters. The molecule has 3 rings (SSSR count). The molecule has 0 bridgehead atoms. The molecule has 4 N–H and O–H groups in total. The molecule has 2 aromatic rings. The van der Waals surface area contributed by atoms with Gasteiger partial charge in [0.2, 0.25) is 0 Å². The Balaban J connectivity index is 1.82. The average Bonchev–Trinajstić information content (AvgIpc) is 2.79. The molecule has 1 aliphatic heterocycles. The van der Waals surface area contributed by atoms with Crippen LogP contribution in [0.1, 0.15) is 42.7 Å². The van der Waals surface area contributed by atoms with Gasteiger partial charge in [0.1, 0.15) is 5.82 Å². The predicted octanol–water partition coefficient (Wildman–Crippen LogP) is 2.71. The molecule has 1 aromatic carbocycles. The molecule has 10 nitrogen and oxygen atoms in total. The Hall–Kier alpha value is -3.87. The van der Waals surface area contributed by atoms with Gasteiger partial charge in [-0.25, -0.2) is 21.3 Å². The van der Waals surface area contributed by atoms with E-state index in [-0.39, 0.29) is 23.6 Å². The van der Waals surface area contributed by atoms with Crippen LogP contribution in [-0.2, 0) is 5.54 Å². The first kappa shape index (κ1) is 23.8. The van der Waals surface area contributed by atoms with Crippen LogP contribution in [0.25, 0.3) is 4.85 Å². The van der Waals surface area contributed by atoms with E-state index in [4.69, 9.17) is 12.3 Å². The lowest BCUT2D eigenvalue weighted by Gasteiger charge is -2.34. The largest absolute Gasteiger partial charge is 0.364 e. The summed E-state index contributed by atoms with van der Waals surface area (Å²) in [5.41, 5.74) is 6.52. The zero-order valence-corrected chi connectivity index (χ0v) is 19.4. The molecule has 3 amide bonds. The fourth-order valence-electron chi connectivity index (χ4n) is 3.57. The molecule has 2 heterocycles. The summed E-state index contributed by atoms with van der Waals surface area (Å²) in [5, 5.41) is 6.14. The highest BCUT2D eigenvalue weighted by molar-refractivity contribution is 5.96. The molecule has 0 spiro atoms. The molecule has 0 radical (unpaired) electrons. The van der Waals surface area contributed by atoms with Crippen molar-refractivity contribution in [2.24, 2.45) is 5.73 Å². The van der Waals surface area contributed by atoms with Crippen molar-refractivity contribution in [3.8, 4) is 0 Å². The number of aromatic nitrogens is 2. The number of rotatable bonds is 6. The minimum absolute atomic E-state index is 0.0129. The average molecular weight is 451 g/mol. The molecule has 1 saturated heterocycles. The summed E-state index contributed by atoms with van der Waals surface area (Å²) < 4.78 is 0. The zero-order chi connectivity index (χ0) is 24.2. The van der Waals surface area contributed by atoms with E-state index in [1.165, 1.54) is 11.1 Å². The van der Waals surface area contributed by atoms with Crippen LogP contribution >= 0.6 is 0 Å². The van der Waals surface area contributed by atoms with Crippen molar-refractivity contribution in [2.45, 2.75) is 38.3 Å². The van der Waals surface area contributed by atoms with E-state index >= 15 is 0 Å². The van der Waals surface area contributed by atoms with E-state index in [1.54, 1.807) is 14.1 Å². The van der Waals surface area contributed by atoms with E-state index in [0.29, 0.717) is 18.1 Å². The van der Waals surface area contributed by atoms with Gasteiger partial charge in [-0.05, 0) is 37.1 Å². The maximum atomic E-state index is 12.0. The number of amides is 3. The fraction of sp³-hybridized carbons (Fsp3) is 0.435. The number of hydrogen-bond acceptors (Lipinski definition) is 6. The van der Waals surface area contributed by atoms with Crippen LogP contribution in [0, 0.1) is 6.57 Å². The first-order valence-corrected chi connectivity index (χ1v) is 10.8. The first-order chi connectivity index (χ1) is 15.6. The summed E-state index contributed by atoms with van der Waals surface area (Å²) in [6.07, 6.45) is 3.29. The number of nitrogens with zero attached hydrogens (tertiary/aromatic N) is 5. The smallest absolute Gasteiger partial charge is 0.317 e. The van der Waals surface area contributed by atoms with Gasteiger partial charge in [-0.15, -0.1) is 0 Å². The van der Waals surface area contributed by atoms with Gasteiger partial charge in [0.25, 0.3) is 11.4 Å². The van der Waals surface area contributed by atoms with Crippen molar-refractivity contribution in [3.63, 3.8) is 0 Å². The number of nitrogens with two attached hydrogens (primary N) is 1. The Morgan fingerprint density at radius 2 is 1.97 bits per heavy atom. The number of piperidine rings is 1. The van der Waals surface area contributed by atoms with Gasteiger partial charge >= 0.3 is 6.03 Å². The molecule has 1 fully saturated rings. The van der Waals surface area contributed by atoms with Gasteiger partial charge in [-0.2, -0.15) is 0 Å². The molecule has 1 aromatic heterocycles. The Bertz CT molecular complexity index is 1060. The second kappa shape index (κ2) is 9.73. The fourth-order valence-corrected chi connectivity index (χ4v) is 3.57. The maximum absolute atomic E-state index is 12.0. The molecule has 0 aliphatic carbocycles. The quantitative estimate of drug-likeness (QED) is 0.582. The number of carbonyl (C=O) groups is 2. The Labute approximate surface area is 194 Å². The molecule has 1 aliphatic rings. The SMILES string of the molecule is [C-]#[N+]C(C)(C)c1ccc(Nc2nc(N3CCC[C@@H](NC(=O)N(C)C)C3)cnc2C(N)=O)cc1. The summed E-state index contributed by atoms with van der Waals surface area (Å²) in [5.74, 6) is 0.172. The van der Waals surface area contributed by atoms with Crippen molar-refractivity contribution in [1.82, 2.24) is 20.2 Å². The van der Waals surface area contributed by atoms with E-state index in [2.05, 4.69) is 25.4 Å². The third-order valence-electron chi connectivity index (χ3n) is 5.61. The molecule has 33 heavy (non-hydrogen) atoms. The molecule has 0 saturated carbocycles. The van der Waals surface area contributed by atoms with Crippen LogP contribution in [-0.4, -0.2) is 60.0 Å². The van der Waals surface area contributed by atoms with Crippen molar-refractivity contribution in [3.05, 3.63) is 53.1 Å². The third kappa shape index (κ3) is 5.68. The van der Waals surface area contributed by atoms with Gasteiger partial charge < -0.3 is 31.0 Å². The predicted molar refractivity (Wildman–Crippen MR) is 127 cm³/mol. The zero-order valence-electron chi connectivity index (χ0n) is 19.4. The highest BCUT2D eigenvalue weighted by atomic mass is 16.2. The Morgan fingerprint density at radius 3 is 2.58 bits per heavy atom. The van der Waals surface area contributed by atoms with Gasteiger partial charge in [-0.3, -0.25) is 4.79 Å². The molecule has 174 valence electrons. The second-order valence-electron chi connectivity index (χ2n) is 8.79. The maximum Gasteiger partial charge on any atom is 0.317 e. The van der Waals surface area contributed by atoms with Crippen LogP contribution in [0.3, 0.4) is 0 Å². The monoisotopic (exact) mass is 450 g/mol. The third-order valence-corrected chi connectivity index (χ3v) is 5.61. The number of hydrogen-bond donors (Lipinski definition) is 3. The molecular weight excluding hydrogens is 420 g/mol. The first-order valence-electron chi connectivity index (χ1n) is 10.8. The summed E-state index contributed by atoms with van der Waals surface area (Å²) in [6.45, 7) is 12.4. The number of carbonyl (C=O) groups excluding carboxylic acids is 2. The van der Waals surface area contributed by atoms with E-state index < -0.39 is 11.4 Å². The molecular formula is C23H30N8O2. The Kier molecular flexibility index (Phi) is 7.01. The van der Waals surface area contributed by atoms with E-state index in [1.807, 2.05) is 43.0 Å². The van der Waals surface area contributed by atoms with Crippen molar-refractivity contribution in [2.75, 3.05) is 37.4 Å². The minimum Gasteiger partial charge on any atom is -0.364 e. The number of anilines is 3. The van der Waals surface area contributed by atoms with E-state index in [9.17, 15) is 9.59 Å². The summed E-state index contributed by atoms with van der Waals surface area (Å²) in [7, 11) is 3.41. The van der Waals surface area contributed by atoms with Crippen LogP contribution in [0.5, 0.6) is 0 Å². The lowest BCUT2D eigenvalue weighted by atomic mass is 9.95. The van der Waals surface area contributed by atoms with Crippen molar-refractivity contribution < 1.29 is 9.59 Å². The van der Waals surface area contributed by atoms with Crippen LogP contribution < -0.4 is 21.3 Å². The highest BCUT2D eigenvalue weighted by Gasteiger charge is 2.26. The Morgan fingerprint density at radius 1 is 1.27 bits per heavy atom. The van der Waals surface area contributed by atoms with Gasteiger partial charge in [0.05, 0.1) is 6.20 Å². The van der Waals surface area contributed by atoms with Crippen molar-refractivity contribution >= 4 is 29.3 Å². The van der Waals surface area contributed by atoms with Gasteiger partial charge in [0, 0.05) is 58.3 Å². The number of benzene rings is 1. The summed E-state index contributed by atoms with van der Waals surface area (Å²) >= 11 is 0. The van der Waals surface area contributed by atoms with Crippen molar-refractivity contribution in [1.29, 1.82) is 0 Å². The highest BCUT2D eigenvalue weighted by Crippen LogP contribution is 2.28. The minimum atomic E-state index is -0.683. The lowest BCUT2D eigenvalue weighted by Crippen LogP contribution is -2.50. The summed E-state index contributed by atoms with van der Waals surface area (Å²) in [6, 6.07) is 7.24. The standard InChI is InChI=1S/C23H30N8O2/c1-23(2,25-3)15-8-10-16(11-9-15)27-21-19(20(24)32)26-13-18(29-21)31-12-6-7-17(14-31)28-22(33)30(4)5/h8-11,13,17H,6-7,12,14H2,1-2,4-5H3,(H2,24,32)(H,27,29)(H,28,33)/t17-/m1/s1. The van der Waals surface area contributed by atoms with Gasteiger partial charge in [0.15, 0.2) is 11.5 Å².